The van der Waals surface area contributed by atoms with Crippen LogP contribution in [0.2, 0.25) is 10.2 Å². The van der Waals surface area contributed by atoms with Gasteiger partial charge in [0.1, 0.15) is 5.15 Å². The molecule has 100 valence electrons. The van der Waals surface area contributed by atoms with Gasteiger partial charge in [-0.25, -0.2) is 9.97 Å². The molecule has 0 unspecified atom stereocenters. The number of fused-ring (bicyclic) bond motifs is 1. The lowest BCUT2D eigenvalue weighted by molar-refractivity contribution is 1.22. The second-order valence-electron chi connectivity index (χ2n) is 4.12. The Balaban J connectivity index is 2.24. The number of aromatic nitrogens is 2. The largest absolute Gasteiger partial charge is 0.228 e. The van der Waals surface area contributed by atoms with Crippen LogP contribution in [0.4, 0.5) is 0 Å². The topological polar surface area (TPSA) is 25.8 Å². The van der Waals surface area contributed by atoms with Gasteiger partial charge in [-0.2, -0.15) is 0 Å². The summed E-state index contributed by atoms with van der Waals surface area (Å²) in [5, 5.41) is 1.86. The van der Waals surface area contributed by atoms with Crippen molar-refractivity contribution in [1.29, 1.82) is 0 Å². The summed E-state index contributed by atoms with van der Waals surface area (Å²) in [6, 6.07) is 11.5. The fraction of sp³-hybridized carbons (Fsp3) is 0. The average Bonchev–Trinajstić information content (AvgIpc) is 2.39. The zero-order chi connectivity index (χ0) is 14.3. The van der Waals surface area contributed by atoms with E-state index < -0.39 is 0 Å². The van der Waals surface area contributed by atoms with E-state index >= 15 is 0 Å². The molecule has 0 aliphatic carbocycles. The molecule has 20 heavy (non-hydrogen) atoms. The predicted molar refractivity (Wildman–Crippen MR) is 95.4 cm³/mol. The van der Waals surface area contributed by atoms with Gasteiger partial charge in [0.25, 0.3) is 0 Å². The first kappa shape index (κ1) is 14.5. The molecule has 2 aromatic carbocycles. The van der Waals surface area contributed by atoms with Crippen molar-refractivity contribution in [3.63, 3.8) is 0 Å². The van der Waals surface area contributed by atoms with Crippen LogP contribution in [0.25, 0.3) is 22.3 Å². The molecule has 0 radical (unpaired) electrons. The minimum absolute atomic E-state index is 0.433. The van der Waals surface area contributed by atoms with Crippen LogP contribution in [-0.2, 0) is 0 Å². The van der Waals surface area contributed by atoms with Gasteiger partial charge in [0.2, 0.25) is 0 Å². The highest BCUT2D eigenvalue weighted by Crippen LogP contribution is 2.31. The standard InChI is InChI=1S/C14H6BrCl2IN2/c15-7-1-3-9(11(16)5-7)14-19-12-4-2-8(18)6-10(12)13(17)20-14/h1-6H. The molecule has 0 N–H and O–H groups in total. The van der Waals surface area contributed by atoms with Crippen molar-refractivity contribution in [3.05, 3.63) is 54.6 Å². The van der Waals surface area contributed by atoms with Crippen LogP contribution in [0, 0.1) is 3.57 Å². The van der Waals surface area contributed by atoms with Crippen LogP contribution < -0.4 is 0 Å². The van der Waals surface area contributed by atoms with Crippen LogP contribution >= 0.6 is 61.7 Å². The molecule has 0 saturated heterocycles. The summed E-state index contributed by atoms with van der Waals surface area (Å²) in [5.41, 5.74) is 1.57. The van der Waals surface area contributed by atoms with Gasteiger partial charge in [-0.15, -0.1) is 0 Å². The summed E-state index contributed by atoms with van der Waals surface area (Å²) in [6.45, 7) is 0. The molecule has 3 rings (SSSR count). The second-order valence-corrected chi connectivity index (χ2v) is 7.05. The van der Waals surface area contributed by atoms with Gasteiger partial charge in [-0.3, -0.25) is 0 Å². The van der Waals surface area contributed by atoms with Gasteiger partial charge in [0, 0.05) is 19.0 Å². The van der Waals surface area contributed by atoms with Gasteiger partial charge in [0.15, 0.2) is 5.82 Å². The molecule has 0 bridgehead atoms. The van der Waals surface area contributed by atoms with Gasteiger partial charge >= 0.3 is 0 Å². The summed E-state index contributed by atoms with van der Waals surface area (Å²) >= 11 is 18.1. The molecule has 0 amide bonds. The number of hydrogen-bond acceptors (Lipinski definition) is 2. The summed E-state index contributed by atoms with van der Waals surface area (Å²) in [6.07, 6.45) is 0. The lowest BCUT2D eigenvalue weighted by Crippen LogP contribution is -1.93. The second kappa shape index (κ2) is 5.75. The van der Waals surface area contributed by atoms with E-state index in [9.17, 15) is 0 Å². The molecule has 2 nitrogen and oxygen atoms in total. The lowest BCUT2D eigenvalue weighted by Gasteiger charge is -2.07. The molecular formula is C14H6BrCl2IN2. The van der Waals surface area contributed by atoms with Crippen molar-refractivity contribution in [1.82, 2.24) is 9.97 Å². The molecule has 0 saturated carbocycles. The van der Waals surface area contributed by atoms with Crippen LogP contribution in [0.15, 0.2) is 40.9 Å². The van der Waals surface area contributed by atoms with Gasteiger partial charge in [0.05, 0.1) is 10.5 Å². The summed E-state index contributed by atoms with van der Waals surface area (Å²) in [5.74, 6) is 0.529. The van der Waals surface area contributed by atoms with E-state index in [0.717, 1.165) is 24.5 Å². The van der Waals surface area contributed by atoms with E-state index in [2.05, 4.69) is 48.5 Å². The minimum atomic E-state index is 0.433. The minimum Gasteiger partial charge on any atom is -0.228 e. The molecule has 0 aliphatic rings. The fourth-order valence-corrected chi connectivity index (χ4v) is 3.34. The molecule has 0 aliphatic heterocycles. The van der Waals surface area contributed by atoms with Crippen molar-refractivity contribution in [2.75, 3.05) is 0 Å². The predicted octanol–water partition coefficient (Wildman–Crippen LogP) is 5.97. The highest BCUT2D eigenvalue weighted by atomic mass is 127. The Morgan fingerprint density at radius 1 is 1.00 bits per heavy atom. The maximum absolute atomic E-state index is 6.26. The number of rotatable bonds is 1. The van der Waals surface area contributed by atoms with Gasteiger partial charge < -0.3 is 0 Å². The Hall–Kier alpha value is -0.430. The Morgan fingerprint density at radius 2 is 1.80 bits per heavy atom. The van der Waals surface area contributed by atoms with Gasteiger partial charge in [-0.05, 0) is 59.0 Å². The molecule has 1 heterocycles. The normalized spacial score (nSPS) is 11.0. The SMILES string of the molecule is Clc1cc(Br)ccc1-c1nc(Cl)c2cc(I)ccc2n1. The van der Waals surface area contributed by atoms with Gasteiger partial charge in [-0.1, -0.05) is 39.1 Å². The molecule has 0 spiro atoms. The van der Waals surface area contributed by atoms with E-state index in [0.29, 0.717) is 16.0 Å². The van der Waals surface area contributed by atoms with E-state index in [1.807, 2.05) is 36.4 Å². The van der Waals surface area contributed by atoms with E-state index in [1.54, 1.807) is 0 Å². The number of halogens is 4. The first-order valence-corrected chi connectivity index (χ1v) is 8.25. The average molecular weight is 480 g/mol. The van der Waals surface area contributed by atoms with Crippen LogP contribution in [0.1, 0.15) is 0 Å². The monoisotopic (exact) mass is 478 g/mol. The quantitative estimate of drug-likeness (QED) is 0.317. The van der Waals surface area contributed by atoms with Crippen LogP contribution in [-0.4, -0.2) is 9.97 Å². The fourth-order valence-electron chi connectivity index (χ4n) is 1.85. The summed E-state index contributed by atoms with van der Waals surface area (Å²) in [4.78, 5) is 8.89. The van der Waals surface area contributed by atoms with Crippen molar-refractivity contribution >= 4 is 72.6 Å². The van der Waals surface area contributed by atoms with E-state index in [4.69, 9.17) is 23.2 Å². The Labute approximate surface area is 147 Å². The Kier molecular flexibility index (Phi) is 4.17. The number of benzene rings is 2. The number of hydrogen-bond donors (Lipinski definition) is 0. The molecule has 3 aromatic rings. The molecule has 0 fully saturated rings. The molecule has 1 aromatic heterocycles. The first-order chi connectivity index (χ1) is 9.54. The van der Waals surface area contributed by atoms with Crippen molar-refractivity contribution in [2.45, 2.75) is 0 Å². The first-order valence-electron chi connectivity index (χ1n) is 5.63. The van der Waals surface area contributed by atoms with Crippen molar-refractivity contribution in [3.8, 4) is 11.4 Å². The van der Waals surface area contributed by atoms with E-state index in [-0.39, 0.29) is 0 Å². The number of nitrogens with zero attached hydrogens (tertiary/aromatic N) is 2. The maximum atomic E-state index is 6.26. The smallest absolute Gasteiger partial charge is 0.162 e. The third-order valence-corrected chi connectivity index (χ3v) is 4.55. The third kappa shape index (κ3) is 2.79. The van der Waals surface area contributed by atoms with Crippen LogP contribution in [0.3, 0.4) is 0 Å². The summed E-state index contributed by atoms with van der Waals surface area (Å²) in [7, 11) is 0. The molecule has 0 atom stereocenters. The zero-order valence-electron chi connectivity index (χ0n) is 9.87. The van der Waals surface area contributed by atoms with Crippen LogP contribution in [0.5, 0.6) is 0 Å². The highest BCUT2D eigenvalue weighted by molar-refractivity contribution is 14.1. The van der Waals surface area contributed by atoms with Crippen molar-refractivity contribution in [2.24, 2.45) is 0 Å². The zero-order valence-corrected chi connectivity index (χ0v) is 15.1. The van der Waals surface area contributed by atoms with E-state index in [1.165, 1.54) is 0 Å². The molecular weight excluding hydrogens is 474 g/mol. The van der Waals surface area contributed by atoms with Crippen molar-refractivity contribution < 1.29 is 0 Å². The highest BCUT2D eigenvalue weighted by Gasteiger charge is 2.11. The Bertz CT molecular complexity index is 824. The Morgan fingerprint density at radius 3 is 2.55 bits per heavy atom. The maximum Gasteiger partial charge on any atom is 0.162 e. The molecule has 6 heteroatoms. The summed E-state index contributed by atoms with van der Waals surface area (Å²) < 4.78 is 2.00. The third-order valence-electron chi connectivity index (χ3n) is 2.78. The lowest BCUT2D eigenvalue weighted by atomic mass is 10.2.